The number of unbranched alkanes of at least 4 members (excludes halogenated alkanes) is 2. The number of fused-ring (bicyclic) bond motifs is 6. The lowest BCUT2D eigenvalue weighted by Crippen LogP contribution is -2.36. The van der Waals surface area contributed by atoms with E-state index in [4.69, 9.17) is 28.4 Å². The van der Waals surface area contributed by atoms with Gasteiger partial charge >= 0.3 is 5.97 Å². The van der Waals surface area contributed by atoms with Crippen molar-refractivity contribution in [3.8, 4) is 28.7 Å². The number of carbonyl (C=O) groups is 1. The quantitative estimate of drug-likeness (QED) is 0.152. The highest BCUT2D eigenvalue weighted by atomic mass is 16.7. The Bertz CT molecular complexity index is 1660. The third-order valence-corrected chi connectivity index (χ3v) is 7.97. The summed E-state index contributed by atoms with van der Waals surface area (Å²) in [4.78, 5) is 13.5. The largest absolute Gasteiger partial charge is 0.497 e. The number of esters is 1. The predicted molar refractivity (Wildman–Crippen MR) is 161 cm³/mol. The molecule has 2 aliphatic rings. The maximum Gasteiger partial charge on any atom is 0.345 e. The van der Waals surface area contributed by atoms with Crippen LogP contribution in [-0.2, 0) is 10.3 Å². The monoisotopic (exact) mass is 566 g/mol. The van der Waals surface area contributed by atoms with Crippen molar-refractivity contribution in [1.82, 2.24) is 0 Å². The Morgan fingerprint density at radius 3 is 2.21 bits per heavy atom. The minimum Gasteiger partial charge on any atom is -0.497 e. The smallest absolute Gasteiger partial charge is 0.345 e. The molecule has 0 saturated carbocycles. The Hall–Kier alpha value is -4.65. The topological polar surface area (TPSA) is 72.5 Å². The van der Waals surface area contributed by atoms with Gasteiger partial charge in [-0.2, -0.15) is 0 Å². The molecule has 6 rings (SSSR count). The van der Waals surface area contributed by atoms with E-state index in [0.29, 0.717) is 40.5 Å². The maximum atomic E-state index is 13.5. The third-order valence-electron chi connectivity index (χ3n) is 7.97. The van der Waals surface area contributed by atoms with Crippen molar-refractivity contribution in [3.63, 3.8) is 0 Å². The van der Waals surface area contributed by atoms with Gasteiger partial charge in [0.1, 0.15) is 34.3 Å². The molecule has 216 valence electrons. The molecular weight excluding hydrogens is 532 g/mol. The summed E-state index contributed by atoms with van der Waals surface area (Å²) < 4.78 is 36.0. The minimum absolute atomic E-state index is 0.372. The average Bonchev–Trinajstić information content (AvgIpc) is 3.04. The van der Waals surface area contributed by atoms with E-state index < -0.39 is 17.9 Å². The standard InChI is InChI=1S/C35H34O7/c1-5-6-7-12-30-40-33-26-11-9-8-10-25(26)32-27(31(33)34(36)41-30)19-20-35(42-32,22-13-15-23(37-2)16-14-22)28-18-17-24(38-3)21-29(28)39-4/h8-11,13-21,30H,5-7,12H2,1-4H3/t30-,35?/m1/s1. The van der Waals surface area contributed by atoms with E-state index in [1.54, 1.807) is 21.3 Å². The second kappa shape index (κ2) is 11.3. The maximum absolute atomic E-state index is 13.5. The van der Waals surface area contributed by atoms with E-state index in [2.05, 4.69) is 6.92 Å². The normalized spacial score (nSPS) is 18.8. The van der Waals surface area contributed by atoms with E-state index in [-0.39, 0.29) is 0 Å². The molecule has 7 heteroatoms. The third kappa shape index (κ3) is 4.59. The zero-order valence-corrected chi connectivity index (χ0v) is 24.3. The number of ether oxygens (including phenoxy) is 6. The summed E-state index contributed by atoms with van der Waals surface area (Å²) in [6, 6.07) is 21.2. The van der Waals surface area contributed by atoms with Gasteiger partial charge in [0.25, 0.3) is 0 Å². The van der Waals surface area contributed by atoms with Crippen LogP contribution >= 0.6 is 0 Å². The van der Waals surface area contributed by atoms with Crippen LogP contribution < -0.4 is 23.7 Å². The van der Waals surface area contributed by atoms with Crippen molar-refractivity contribution in [3.05, 3.63) is 95.1 Å². The van der Waals surface area contributed by atoms with Crippen LogP contribution in [0, 0.1) is 0 Å². The summed E-state index contributed by atoms with van der Waals surface area (Å²) in [6.07, 6.45) is 6.96. The fraction of sp³-hybridized carbons (Fsp3) is 0.286. The molecular formula is C35H34O7. The first-order chi connectivity index (χ1) is 20.5. The number of carbonyl (C=O) groups excluding carboxylic acids is 1. The van der Waals surface area contributed by atoms with Gasteiger partial charge in [-0.15, -0.1) is 0 Å². The van der Waals surface area contributed by atoms with Crippen LogP contribution in [0.2, 0.25) is 0 Å². The summed E-state index contributed by atoms with van der Waals surface area (Å²) in [7, 11) is 4.87. The van der Waals surface area contributed by atoms with E-state index in [9.17, 15) is 4.79 Å². The molecule has 2 aliphatic heterocycles. The highest BCUT2D eigenvalue weighted by Crippen LogP contribution is 2.52. The number of methoxy groups -OCH3 is 3. The number of hydrogen-bond acceptors (Lipinski definition) is 7. The molecule has 2 atom stereocenters. The van der Waals surface area contributed by atoms with Crippen LogP contribution in [0.15, 0.2) is 72.8 Å². The summed E-state index contributed by atoms with van der Waals surface area (Å²) in [6.45, 7) is 2.14. The highest BCUT2D eigenvalue weighted by Gasteiger charge is 2.43. The molecule has 2 heterocycles. The first kappa shape index (κ1) is 27.5. The van der Waals surface area contributed by atoms with Crippen LogP contribution in [0.3, 0.4) is 0 Å². The molecule has 0 aromatic heterocycles. The molecule has 0 amide bonds. The van der Waals surface area contributed by atoms with Gasteiger partial charge in [-0.25, -0.2) is 4.79 Å². The number of cyclic esters (lactones) is 1. The molecule has 4 aromatic rings. The van der Waals surface area contributed by atoms with Crippen LogP contribution in [-0.4, -0.2) is 33.6 Å². The van der Waals surface area contributed by atoms with Gasteiger partial charge in [0, 0.05) is 39.9 Å². The lowest BCUT2D eigenvalue weighted by molar-refractivity contribution is -0.0639. The van der Waals surface area contributed by atoms with Crippen molar-refractivity contribution in [2.75, 3.05) is 21.3 Å². The van der Waals surface area contributed by atoms with Gasteiger partial charge in [-0.05, 0) is 42.8 Å². The Morgan fingerprint density at radius 1 is 0.810 bits per heavy atom. The molecule has 0 saturated heterocycles. The lowest BCUT2D eigenvalue weighted by atomic mass is 9.81. The van der Waals surface area contributed by atoms with Gasteiger partial charge in [0.15, 0.2) is 5.60 Å². The van der Waals surface area contributed by atoms with Gasteiger partial charge in [0.05, 0.1) is 21.3 Å². The van der Waals surface area contributed by atoms with Crippen LogP contribution in [0.25, 0.3) is 16.8 Å². The zero-order chi connectivity index (χ0) is 29.3. The number of hydrogen-bond donors (Lipinski definition) is 0. The Morgan fingerprint density at radius 2 is 1.52 bits per heavy atom. The van der Waals surface area contributed by atoms with E-state index in [1.165, 1.54) is 0 Å². The molecule has 0 radical (unpaired) electrons. The predicted octanol–water partition coefficient (Wildman–Crippen LogP) is 7.67. The van der Waals surface area contributed by atoms with Gasteiger partial charge in [0.2, 0.25) is 6.29 Å². The molecule has 0 fully saturated rings. The number of benzene rings is 4. The van der Waals surface area contributed by atoms with E-state index in [1.807, 2.05) is 78.9 Å². The Balaban J connectivity index is 1.56. The molecule has 7 nitrogen and oxygen atoms in total. The Kier molecular flexibility index (Phi) is 7.42. The molecule has 4 aromatic carbocycles. The second-order valence-corrected chi connectivity index (χ2v) is 10.4. The van der Waals surface area contributed by atoms with Crippen molar-refractivity contribution < 1.29 is 33.2 Å². The Labute approximate surface area is 245 Å². The van der Waals surface area contributed by atoms with Crippen LogP contribution in [0.4, 0.5) is 0 Å². The van der Waals surface area contributed by atoms with Gasteiger partial charge < -0.3 is 28.4 Å². The van der Waals surface area contributed by atoms with Crippen LogP contribution in [0.5, 0.6) is 28.7 Å². The minimum atomic E-state index is -1.10. The zero-order valence-electron chi connectivity index (χ0n) is 24.3. The van der Waals surface area contributed by atoms with Crippen molar-refractivity contribution in [1.29, 1.82) is 0 Å². The molecule has 0 bridgehead atoms. The van der Waals surface area contributed by atoms with Crippen molar-refractivity contribution in [2.24, 2.45) is 0 Å². The van der Waals surface area contributed by atoms with Crippen LogP contribution in [0.1, 0.15) is 59.7 Å². The molecule has 1 unspecified atom stereocenters. The fourth-order valence-electron chi connectivity index (χ4n) is 5.80. The molecule has 42 heavy (non-hydrogen) atoms. The first-order valence-electron chi connectivity index (χ1n) is 14.2. The van der Waals surface area contributed by atoms with E-state index >= 15 is 0 Å². The van der Waals surface area contributed by atoms with Gasteiger partial charge in [-0.3, -0.25) is 0 Å². The average molecular weight is 567 g/mol. The second-order valence-electron chi connectivity index (χ2n) is 10.4. The number of rotatable bonds is 9. The highest BCUT2D eigenvalue weighted by molar-refractivity contribution is 6.09. The summed E-state index contributed by atoms with van der Waals surface area (Å²) in [5, 5.41) is 1.63. The first-order valence-corrected chi connectivity index (χ1v) is 14.2. The van der Waals surface area contributed by atoms with Crippen molar-refractivity contribution in [2.45, 2.75) is 44.5 Å². The molecule has 0 spiro atoms. The van der Waals surface area contributed by atoms with Gasteiger partial charge in [-0.1, -0.05) is 56.2 Å². The lowest BCUT2D eigenvalue weighted by Gasteiger charge is -2.38. The molecule has 0 aliphatic carbocycles. The fourth-order valence-corrected chi connectivity index (χ4v) is 5.80. The van der Waals surface area contributed by atoms with E-state index in [0.717, 1.165) is 46.9 Å². The summed E-state index contributed by atoms with van der Waals surface area (Å²) >= 11 is 0. The SMILES string of the molecule is CCCCC[C@H]1OC(=O)c2c3c(c4ccccc4c2O1)OC(c1ccc(OC)cc1)(c1ccc(OC)cc1OC)C=C3. The summed E-state index contributed by atoms with van der Waals surface area (Å²) in [5.41, 5.74) is 1.52. The summed E-state index contributed by atoms with van der Waals surface area (Å²) in [5.74, 6) is 2.67. The van der Waals surface area contributed by atoms with Crippen molar-refractivity contribution >= 4 is 22.8 Å². The molecule has 0 N–H and O–H groups in total.